The highest BCUT2D eigenvalue weighted by molar-refractivity contribution is 6.32. The molecule has 1 atom stereocenters. The zero-order valence-corrected chi connectivity index (χ0v) is 13.8. The van der Waals surface area contributed by atoms with Crippen molar-refractivity contribution in [1.82, 2.24) is 4.90 Å². The van der Waals surface area contributed by atoms with Gasteiger partial charge in [0.15, 0.2) is 11.5 Å². The monoisotopic (exact) mass is 339 g/mol. The first-order valence-corrected chi connectivity index (χ1v) is 8.52. The summed E-state index contributed by atoms with van der Waals surface area (Å²) in [5.41, 5.74) is 1.11. The molecular formula is C17H22ClNO4. The number of ether oxygens (including phenoxy) is 2. The highest BCUT2D eigenvalue weighted by Crippen LogP contribution is 2.38. The molecule has 6 heteroatoms. The molecular weight excluding hydrogens is 318 g/mol. The first kappa shape index (κ1) is 16.4. The average molecular weight is 340 g/mol. The van der Waals surface area contributed by atoms with Crippen molar-refractivity contribution in [2.75, 3.05) is 26.3 Å². The van der Waals surface area contributed by atoms with Crippen molar-refractivity contribution in [3.05, 3.63) is 22.7 Å². The van der Waals surface area contributed by atoms with Gasteiger partial charge in [0, 0.05) is 13.0 Å². The summed E-state index contributed by atoms with van der Waals surface area (Å²) in [7, 11) is 0. The van der Waals surface area contributed by atoms with Crippen LogP contribution in [0.3, 0.4) is 0 Å². The minimum absolute atomic E-state index is 0.281. The molecule has 1 N–H and O–H groups in total. The topological polar surface area (TPSA) is 59.0 Å². The first-order chi connectivity index (χ1) is 11.1. The van der Waals surface area contributed by atoms with Crippen LogP contribution in [0.4, 0.5) is 0 Å². The number of likely N-dealkylation sites (tertiary alicyclic amines) is 1. The lowest BCUT2D eigenvalue weighted by molar-refractivity contribution is -0.138. The van der Waals surface area contributed by atoms with Gasteiger partial charge in [0.05, 0.1) is 5.02 Å². The number of carboxylic acids is 1. The largest absolute Gasteiger partial charge is 0.486 e. The molecule has 0 spiro atoms. The van der Waals surface area contributed by atoms with Gasteiger partial charge in [-0.05, 0) is 56.0 Å². The number of carbonyl (C=O) groups is 1. The van der Waals surface area contributed by atoms with Crippen LogP contribution in [-0.2, 0) is 11.3 Å². The van der Waals surface area contributed by atoms with Gasteiger partial charge in [-0.1, -0.05) is 11.6 Å². The number of hydrogen-bond donors (Lipinski definition) is 1. The molecule has 0 saturated carbocycles. The van der Waals surface area contributed by atoms with Crippen LogP contribution in [0.1, 0.15) is 31.2 Å². The van der Waals surface area contributed by atoms with Crippen molar-refractivity contribution < 1.29 is 19.4 Å². The van der Waals surface area contributed by atoms with Crippen molar-refractivity contribution in [2.45, 2.75) is 32.2 Å². The molecule has 0 amide bonds. The third kappa shape index (κ3) is 4.30. The Balaban J connectivity index is 1.63. The quantitative estimate of drug-likeness (QED) is 0.913. The van der Waals surface area contributed by atoms with Crippen LogP contribution in [0.15, 0.2) is 12.1 Å². The van der Waals surface area contributed by atoms with E-state index in [0.29, 0.717) is 29.9 Å². The van der Waals surface area contributed by atoms with E-state index in [9.17, 15) is 4.79 Å². The Hall–Kier alpha value is -1.46. The normalized spacial score (nSPS) is 21.7. The molecule has 0 aromatic heterocycles. The van der Waals surface area contributed by atoms with Gasteiger partial charge in [-0.25, -0.2) is 0 Å². The van der Waals surface area contributed by atoms with Gasteiger partial charge in [0.2, 0.25) is 0 Å². The first-order valence-electron chi connectivity index (χ1n) is 8.14. The molecule has 1 fully saturated rings. The molecule has 126 valence electrons. The van der Waals surface area contributed by atoms with Gasteiger partial charge in [-0.3, -0.25) is 9.69 Å². The lowest BCUT2D eigenvalue weighted by Gasteiger charge is -2.23. The third-order valence-electron chi connectivity index (χ3n) is 4.47. The molecule has 1 saturated heterocycles. The van der Waals surface area contributed by atoms with E-state index in [2.05, 4.69) is 4.90 Å². The number of carboxylic acid groups (broad SMARTS) is 1. The number of nitrogens with zero attached hydrogens (tertiary/aromatic N) is 1. The number of hydrogen-bond acceptors (Lipinski definition) is 4. The maximum absolute atomic E-state index is 10.9. The molecule has 5 nitrogen and oxygen atoms in total. The summed E-state index contributed by atoms with van der Waals surface area (Å²) >= 11 is 6.29. The lowest BCUT2D eigenvalue weighted by atomic mass is 9.97. The van der Waals surface area contributed by atoms with Gasteiger partial charge in [-0.15, -0.1) is 0 Å². The van der Waals surface area contributed by atoms with E-state index in [1.807, 2.05) is 12.1 Å². The van der Waals surface area contributed by atoms with Gasteiger partial charge in [0.1, 0.15) is 13.2 Å². The molecule has 2 aliphatic rings. The van der Waals surface area contributed by atoms with Gasteiger partial charge >= 0.3 is 5.97 Å². The molecule has 0 bridgehead atoms. The summed E-state index contributed by atoms with van der Waals surface area (Å²) < 4.78 is 11.2. The fourth-order valence-electron chi connectivity index (χ4n) is 3.35. The number of fused-ring (bicyclic) bond motifs is 1. The van der Waals surface area contributed by atoms with Crippen LogP contribution in [0, 0.1) is 5.92 Å². The van der Waals surface area contributed by atoms with Crippen LogP contribution in [0.25, 0.3) is 0 Å². The van der Waals surface area contributed by atoms with E-state index >= 15 is 0 Å². The van der Waals surface area contributed by atoms with Gasteiger partial charge in [-0.2, -0.15) is 0 Å². The molecule has 0 unspecified atom stereocenters. The third-order valence-corrected chi connectivity index (χ3v) is 4.75. The molecule has 2 aliphatic heterocycles. The maximum atomic E-state index is 10.9. The Bertz CT molecular complexity index is 578. The zero-order chi connectivity index (χ0) is 16.2. The van der Waals surface area contributed by atoms with Crippen molar-refractivity contribution in [2.24, 2.45) is 5.92 Å². The van der Waals surface area contributed by atoms with E-state index in [1.165, 1.54) is 0 Å². The molecule has 0 radical (unpaired) electrons. The van der Waals surface area contributed by atoms with Crippen LogP contribution in [0.5, 0.6) is 11.5 Å². The van der Waals surface area contributed by atoms with Crippen LogP contribution in [-0.4, -0.2) is 42.3 Å². The molecule has 2 heterocycles. The Morgan fingerprint density at radius 3 is 2.91 bits per heavy atom. The fourth-order valence-corrected chi connectivity index (χ4v) is 3.64. The number of rotatable bonds is 4. The second-order valence-electron chi connectivity index (χ2n) is 6.27. The van der Waals surface area contributed by atoms with Crippen molar-refractivity contribution in [3.8, 4) is 11.5 Å². The highest BCUT2D eigenvalue weighted by Gasteiger charge is 2.21. The predicted octanol–water partition coefficient (Wildman–Crippen LogP) is 3.19. The van der Waals surface area contributed by atoms with E-state index in [-0.39, 0.29) is 6.42 Å². The second-order valence-corrected chi connectivity index (χ2v) is 6.68. The van der Waals surface area contributed by atoms with Crippen LogP contribution in [0.2, 0.25) is 5.02 Å². The summed E-state index contributed by atoms with van der Waals surface area (Å²) in [4.78, 5) is 13.2. The summed E-state index contributed by atoms with van der Waals surface area (Å²) in [6.07, 6.45) is 3.25. The smallest absolute Gasteiger partial charge is 0.303 e. The molecule has 3 rings (SSSR count). The van der Waals surface area contributed by atoms with Crippen molar-refractivity contribution in [1.29, 1.82) is 0 Å². The number of benzene rings is 1. The van der Waals surface area contributed by atoms with E-state index in [1.54, 1.807) is 0 Å². The summed E-state index contributed by atoms with van der Waals surface area (Å²) in [6.45, 7) is 3.79. The van der Waals surface area contributed by atoms with E-state index < -0.39 is 5.97 Å². The van der Waals surface area contributed by atoms with Crippen molar-refractivity contribution >= 4 is 17.6 Å². The molecule has 23 heavy (non-hydrogen) atoms. The van der Waals surface area contributed by atoms with Crippen LogP contribution >= 0.6 is 11.6 Å². The summed E-state index contributed by atoms with van der Waals surface area (Å²) in [6, 6.07) is 3.94. The minimum atomic E-state index is -0.693. The Labute approximate surface area is 141 Å². The Kier molecular flexibility index (Phi) is 5.28. The molecule has 1 aromatic rings. The standard InChI is InChI=1S/C17H22ClNO4/c18-14-8-13(9-15-17(14)23-7-6-22-15)11-19-4-1-2-12(3-5-19)10-16(20)21/h8-9,12H,1-7,10-11H2,(H,20,21)/t12-/m0/s1. The Morgan fingerprint density at radius 1 is 1.26 bits per heavy atom. The summed E-state index contributed by atoms with van der Waals surface area (Å²) in [5.74, 6) is 0.958. The fraction of sp³-hybridized carbons (Fsp3) is 0.588. The highest BCUT2D eigenvalue weighted by atomic mass is 35.5. The van der Waals surface area contributed by atoms with Crippen LogP contribution < -0.4 is 9.47 Å². The molecule has 0 aliphatic carbocycles. The maximum Gasteiger partial charge on any atom is 0.303 e. The lowest BCUT2D eigenvalue weighted by Crippen LogP contribution is -2.24. The van der Waals surface area contributed by atoms with Crippen molar-refractivity contribution in [3.63, 3.8) is 0 Å². The average Bonchev–Trinajstić information content (AvgIpc) is 2.72. The Morgan fingerprint density at radius 2 is 2.09 bits per heavy atom. The number of aliphatic carboxylic acids is 1. The number of halogens is 1. The van der Waals surface area contributed by atoms with Gasteiger partial charge in [0.25, 0.3) is 0 Å². The zero-order valence-electron chi connectivity index (χ0n) is 13.1. The van der Waals surface area contributed by atoms with E-state index in [4.69, 9.17) is 26.2 Å². The predicted molar refractivity (Wildman–Crippen MR) is 87.3 cm³/mol. The second kappa shape index (κ2) is 7.41. The summed E-state index contributed by atoms with van der Waals surface area (Å²) in [5, 5.41) is 9.54. The minimum Gasteiger partial charge on any atom is -0.486 e. The van der Waals surface area contributed by atoms with Gasteiger partial charge < -0.3 is 14.6 Å². The van der Waals surface area contributed by atoms with E-state index in [0.717, 1.165) is 50.2 Å². The SMILES string of the molecule is O=C(O)C[C@H]1CCCN(Cc2cc(Cl)c3c(c2)OCCO3)CC1. The molecule has 1 aromatic carbocycles.